The van der Waals surface area contributed by atoms with E-state index in [1.165, 1.54) is 11.1 Å². The van der Waals surface area contributed by atoms with Crippen LogP contribution in [-0.4, -0.2) is 27.3 Å². The lowest BCUT2D eigenvalue weighted by atomic mass is 10.1. The van der Waals surface area contributed by atoms with Crippen LogP contribution >= 0.6 is 0 Å². The van der Waals surface area contributed by atoms with Gasteiger partial charge in [0.05, 0.1) is 11.6 Å². The number of pyridine rings is 1. The van der Waals surface area contributed by atoms with Crippen LogP contribution < -0.4 is 10.1 Å². The Bertz CT molecular complexity index is 812. The van der Waals surface area contributed by atoms with Gasteiger partial charge < -0.3 is 10.1 Å². The lowest BCUT2D eigenvalue weighted by molar-refractivity contribution is 0.229. The topological polar surface area (TPSA) is 62.8 Å². The van der Waals surface area contributed by atoms with Gasteiger partial charge in [-0.15, -0.1) is 0 Å². The second kappa shape index (κ2) is 8.12. The van der Waals surface area contributed by atoms with Gasteiger partial charge in [-0.05, 0) is 45.7 Å². The van der Waals surface area contributed by atoms with E-state index in [1.54, 1.807) is 6.20 Å². The summed E-state index contributed by atoms with van der Waals surface area (Å²) in [5, 5.41) is 12.3. The van der Waals surface area contributed by atoms with Crippen molar-refractivity contribution in [1.82, 2.24) is 20.5 Å². The van der Waals surface area contributed by atoms with Crippen molar-refractivity contribution in [3.63, 3.8) is 0 Å². The van der Waals surface area contributed by atoms with Crippen LogP contribution in [-0.2, 0) is 13.0 Å². The number of fused-ring (bicyclic) bond motifs is 1. The quantitative estimate of drug-likeness (QED) is 0.655. The maximum Gasteiger partial charge on any atom is 0.218 e. The summed E-state index contributed by atoms with van der Waals surface area (Å²) in [6.07, 6.45) is 3.90. The van der Waals surface area contributed by atoms with Gasteiger partial charge in [-0.1, -0.05) is 24.3 Å². The fraction of sp³-hybridized carbons (Fsp3) is 0.400. The van der Waals surface area contributed by atoms with E-state index in [0.717, 1.165) is 36.3 Å². The number of ether oxygens (including phenoxy) is 1. The number of aromatic nitrogens is 3. The van der Waals surface area contributed by atoms with Gasteiger partial charge in [-0.3, -0.25) is 5.10 Å². The maximum absolute atomic E-state index is 5.78. The van der Waals surface area contributed by atoms with Crippen LogP contribution in [0, 0.1) is 0 Å². The SMILES string of the molecule is CC(C)Oc1ncccc1CN[C@H](C)CCc1[nH]nc2ccccc12. The highest BCUT2D eigenvalue weighted by Crippen LogP contribution is 2.18. The van der Waals surface area contributed by atoms with E-state index in [4.69, 9.17) is 4.74 Å². The molecule has 25 heavy (non-hydrogen) atoms. The molecule has 0 amide bonds. The molecule has 2 N–H and O–H groups in total. The average molecular weight is 338 g/mol. The number of para-hydroxylation sites is 1. The van der Waals surface area contributed by atoms with Gasteiger partial charge >= 0.3 is 0 Å². The standard InChI is InChI=1S/C20H26N4O/c1-14(2)25-20-16(7-6-12-21-20)13-22-15(3)10-11-19-17-8-4-5-9-18(17)23-24-19/h4-9,12,14-15,22H,10-11,13H2,1-3H3,(H,23,24)/t15-/m1/s1. The molecule has 5 nitrogen and oxygen atoms in total. The zero-order valence-corrected chi connectivity index (χ0v) is 15.1. The molecule has 1 atom stereocenters. The number of rotatable bonds is 8. The summed E-state index contributed by atoms with van der Waals surface area (Å²) in [5.41, 5.74) is 3.33. The summed E-state index contributed by atoms with van der Waals surface area (Å²) in [7, 11) is 0. The number of nitrogens with zero attached hydrogens (tertiary/aromatic N) is 2. The normalized spacial score (nSPS) is 12.6. The average Bonchev–Trinajstić information content (AvgIpc) is 3.02. The number of aryl methyl sites for hydroxylation is 1. The van der Waals surface area contributed by atoms with Gasteiger partial charge in [0, 0.05) is 35.4 Å². The van der Waals surface area contributed by atoms with Crippen LogP contribution in [0.25, 0.3) is 10.9 Å². The first-order chi connectivity index (χ1) is 12.1. The van der Waals surface area contributed by atoms with E-state index in [2.05, 4.69) is 45.6 Å². The van der Waals surface area contributed by atoms with Crippen molar-refractivity contribution in [2.45, 2.75) is 52.3 Å². The highest BCUT2D eigenvalue weighted by atomic mass is 16.5. The van der Waals surface area contributed by atoms with E-state index >= 15 is 0 Å². The molecule has 132 valence electrons. The number of nitrogens with one attached hydrogen (secondary N) is 2. The maximum atomic E-state index is 5.78. The van der Waals surface area contributed by atoms with E-state index < -0.39 is 0 Å². The molecule has 0 aliphatic carbocycles. The number of benzene rings is 1. The van der Waals surface area contributed by atoms with E-state index in [9.17, 15) is 0 Å². The van der Waals surface area contributed by atoms with Crippen molar-refractivity contribution in [3.05, 3.63) is 53.9 Å². The molecular formula is C20H26N4O. The molecule has 0 unspecified atom stereocenters. The fourth-order valence-electron chi connectivity index (χ4n) is 2.84. The molecule has 2 heterocycles. The molecule has 0 aliphatic rings. The molecule has 1 aromatic carbocycles. The Morgan fingerprint density at radius 1 is 1.12 bits per heavy atom. The Balaban J connectivity index is 1.54. The lowest BCUT2D eigenvalue weighted by Gasteiger charge is -2.16. The van der Waals surface area contributed by atoms with Crippen LogP contribution in [0.1, 0.15) is 38.4 Å². The van der Waals surface area contributed by atoms with E-state index in [0.29, 0.717) is 6.04 Å². The zero-order chi connectivity index (χ0) is 17.6. The largest absolute Gasteiger partial charge is 0.475 e. The smallest absolute Gasteiger partial charge is 0.218 e. The van der Waals surface area contributed by atoms with Gasteiger partial charge in [0.25, 0.3) is 0 Å². The summed E-state index contributed by atoms with van der Waals surface area (Å²) < 4.78 is 5.78. The van der Waals surface area contributed by atoms with Crippen molar-refractivity contribution >= 4 is 10.9 Å². The molecule has 3 aromatic rings. The summed E-state index contributed by atoms with van der Waals surface area (Å²) in [6.45, 7) is 6.99. The predicted molar refractivity (Wildman–Crippen MR) is 101 cm³/mol. The summed E-state index contributed by atoms with van der Waals surface area (Å²) in [4.78, 5) is 4.34. The highest BCUT2D eigenvalue weighted by Gasteiger charge is 2.10. The first-order valence-electron chi connectivity index (χ1n) is 8.89. The number of H-pyrrole nitrogens is 1. The van der Waals surface area contributed by atoms with Crippen LogP contribution in [0.15, 0.2) is 42.6 Å². The number of hydrogen-bond acceptors (Lipinski definition) is 4. The van der Waals surface area contributed by atoms with Crippen molar-refractivity contribution in [3.8, 4) is 5.88 Å². The minimum Gasteiger partial charge on any atom is -0.475 e. The Kier molecular flexibility index (Phi) is 5.66. The zero-order valence-electron chi connectivity index (χ0n) is 15.1. The predicted octanol–water partition coefficient (Wildman–Crippen LogP) is 3.86. The Labute approximate surface area is 148 Å². The molecule has 5 heteroatoms. The van der Waals surface area contributed by atoms with Crippen LogP contribution in [0.3, 0.4) is 0 Å². The highest BCUT2D eigenvalue weighted by molar-refractivity contribution is 5.81. The first-order valence-corrected chi connectivity index (χ1v) is 8.89. The molecular weight excluding hydrogens is 312 g/mol. The van der Waals surface area contributed by atoms with Gasteiger partial charge in [0.15, 0.2) is 0 Å². The molecule has 0 fully saturated rings. The fourth-order valence-corrected chi connectivity index (χ4v) is 2.84. The molecule has 2 aromatic heterocycles. The molecule has 0 spiro atoms. The van der Waals surface area contributed by atoms with E-state index in [-0.39, 0.29) is 6.10 Å². The Morgan fingerprint density at radius 3 is 2.80 bits per heavy atom. The lowest BCUT2D eigenvalue weighted by Crippen LogP contribution is -2.26. The van der Waals surface area contributed by atoms with Gasteiger partial charge in [-0.25, -0.2) is 4.98 Å². The third kappa shape index (κ3) is 4.57. The molecule has 3 rings (SSSR count). The van der Waals surface area contributed by atoms with Crippen LogP contribution in [0.2, 0.25) is 0 Å². The summed E-state index contributed by atoms with van der Waals surface area (Å²) >= 11 is 0. The van der Waals surface area contributed by atoms with Crippen molar-refractivity contribution in [1.29, 1.82) is 0 Å². The third-order valence-corrected chi connectivity index (χ3v) is 4.21. The number of aromatic amines is 1. The minimum atomic E-state index is 0.125. The molecule has 0 saturated carbocycles. The molecule has 0 saturated heterocycles. The second-order valence-electron chi connectivity index (χ2n) is 6.67. The summed E-state index contributed by atoms with van der Waals surface area (Å²) in [6, 6.07) is 12.6. The van der Waals surface area contributed by atoms with Gasteiger partial charge in [0.1, 0.15) is 0 Å². The third-order valence-electron chi connectivity index (χ3n) is 4.21. The summed E-state index contributed by atoms with van der Waals surface area (Å²) in [5.74, 6) is 0.719. The van der Waals surface area contributed by atoms with Crippen LogP contribution in [0.5, 0.6) is 5.88 Å². The van der Waals surface area contributed by atoms with Gasteiger partial charge in [0.2, 0.25) is 5.88 Å². The number of hydrogen-bond donors (Lipinski definition) is 2. The molecule has 0 bridgehead atoms. The minimum absolute atomic E-state index is 0.125. The first kappa shape index (κ1) is 17.4. The van der Waals surface area contributed by atoms with Crippen molar-refractivity contribution in [2.24, 2.45) is 0 Å². The Morgan fingerprint density at radius 2 is 1.96 bits per heavy atom. The van der Waals surface area contributed by atoms with E-state index in [1.807, 2.05) is 32.0 Å². The second-order valence-corrected chi connectivity index (χ2v) is 6.67. The Hall–Kier alpha value is -2.40. The van der Waals surface area contributed by atoms with Crippen LogP contribution in [0.4, 0.5) is 0 Å². The monoisotopic (exact) mass is 338 g/mol. The van der Waals surface area contributed by atoms with Gasteiger partial charge in [-0.2, -0.15) is 5.10 Å². The van der Waals surface area contributed by atoms with Crippen molar-refractivity contribution < 1.29 is 4.74 Å². The van der Waals surface area contributed by atoms with Crippen molar-refractivity contribution in [2.75, 3.05) is 0 Å². The molecule has 0 aliphatic heterocycles. The molecule has 0 radical (unpaired) electrons.